The molecule has 2 aromatic heterocycles. The van der Waals surface area contributed by atoms with E-state index in [9.17, 15) is 9.90 Å². The van der Waals surface area contributed by atoms with Crippen LogP contribution in [-0.4, -0.2) is 29.8 Å². The number of aliphatic hydroxyl groups is 1. The zero-order valence-corrected chi connectivity index (χ0v) is 10.7. The quantitative estimate of drug-likeness (QED) is 0.792. The first-order valence-corrected chi connectivity index (χ1v) is 5.70. The van der Waals surface area contributed by atoms with Gasteiger partial charge in [-0.25, -0.2) is 14.8 Å². The summed E-state index contributed by atoms with van der Waals surface area (Å²) in [6, 6.07) is 0. The van der Waals surface area contributed by atoms with Gasteiger partial charge < -0.3 is 10.8 Å². The fraction of sp³-hybridized carbons (Fsp3) is 0.545. The Morgan fingerprint density at radius 2 is 2.11 bits per heavy atom. The Bertz CT molecular complexity index is 635. The molecule has 7 heteroatoms. The third kappa shape index (κ3) is 2.21. The van der Waals surface area contributed by atoms with Crippen LogP contribution >= 0.6 is 0 Å². The molecule has 0 fully saturated rings. The van der Waals surface area contributed by atoms with Crippen molar-refractivity contribution in [1.82, 2.24) is 19.1 Å². The summed E-state index contributed by atoms with van der Waals surface area (Å²) in [5.74, 6) is 0.269. The first kappa shape index (κ1) is 12.6. The maximum Gasteiger partial charge on any atom is 0.331 e. The number of fused-ring (bicyclic) bond motifs is 1. The molecule has 0 aromatic carbocycles. The molecule has 0 bridgehead atoms. The van der Waals surface area contributed by atoms with Crippen molar-refractivity contribution >= 4 is 17.1 Å². The second-order valence-electron chi connectivity index (χ2n) is 5.00. The minimum atomic E-state index is -0.838. The molecule has 0 aliphatic heterocycles. The van der Waals surface area contributed by atoms with Gasteiger partial charge in [0.1, 0.15) is 5.82 Å². The molecular weight excluding hydrogens is 234 g/mol. The summed E-state index contributed by atoms with van der Waals surface area (Å²) in [5, 5.41) is 9.72. The lowest BCUT2D eigenvalue weighted by Crippen LogP contribution is -2.27. The molecule has 3 N–H and O–H groups in total. The molecule has 0 spiro atoms. The highest BCUT2D eigenvalue weighted by Crippen LogP contribution is 2.13. The molecule has 0 aliphatic carbocycles. The van der Waals surface area contributed by atoms with E-state index in [4.69, 9.17) is 5.73 Å². The second kappa shape index (κ2) is 4.09. The Morgan fingerprint density at radius 1 is 1.44 bits per heavy atom. The average molecular weight is 251 g/mol. The fourth-order valence-electron chi connectivity index (χ4n) is 1.75. The van der Waals surface area contributed by atoms with Gasteiger partial charge in [-0.3, -0.25) is 9.13 Å². The molecule has 0 saturated heterocycles. The van der Waals surface area contributed by atoms with Gasteiger partial charge >= 0.3 is 5.69 Å². The highest BCUT2D eigenvalue weighted by atomic mass is 16.3. The van der Waals surface area contributed by atoms with Gasteiger partial charge in [0.15, 0.2) is 11.3 Å². The third-order valence-corrected chi connectivity index (χ3v) is 2.79. The molecule has 0 radical (unpaired) electrons. The summed E-state index contributed by atoms with van der Waals surface area (Å²) in [4.78, 5) is 20.3. The number of rotatable bonds is 3. The summed E-state index contributed by atoms with van der Waals surface area (Å²) in [7, 11) is 1.64. The Morgan fingerprint density at radius 3 is 2.72 bits per heavy atom. The molecule has 0 unspecified atom stereocenters. The minimum absolute atomic E-state index is 0.208. The van der Waals surface area contributed by atoms with E-state index in [1.165, 1.54) is 15.3 Å². The predicted octanol–water partition coefficient (Wildman–Crippen LogP) is -0.127. The van der Waals surface area contributed by atoms with Crippen LogP contribution in [0.1, 0.15) is 20.3 Å². The summed E-state index contributed by atoms with van der Waals surface area (Å²) >= 11 is 0. The summed E-state index contributed by atoms with van der Waals surface area (Å²) in [6.45, 7) is 3.77. The highest BCUT2D eigenvalue weighted by molar-refractivity contribution is 5.68. The molecule has 0 aliphatic rings. The Labute approximate surface area is 104 Å². The van der Waals surface area contributed by atoms with E-state index in [-0.39, 0.29) is 11.5 Å². The average Bonchev–Trinajstić information content (AvgIpc) is 2.48. The van der Waals surface area contributed by atoms with E-state index in [1.807, 2.05) is 0 Å². The monoisotopic (exact) mass is 251 g/mol. The SMILES string of the molecule is Cn1c(=O)n(CCC(C)(C)O)c2nc(N)cnc21. The Hall–Kier alpha value is -1.89. The number of hydrogen-bond acceptors (Lipinski definition) is 5. The number of nitrogens with two attached hydrogens (primary N) is 1. The van der Waals surface area contributed by atoms with Crippen molar-refractivity contribution in [2.75, 3.05) is 5.73 Å². The van der Waals surface area contributed by atoms with Gasteiger partial charge in [-0.15, -0.1) is 0 Å². The summed E-state index contributed by atoms with van der Waals surface area (Å²) in [6.07, 6.45) is 1.87. The third-order valence-electron chi connectivity index (χ3n) is 2.79. The van der Waals surface area contributed by atoms with Crippen LogP contribution in [0.5, 0.6) is 0 Å². The number of nitrogen functional groups attached to an aromatic ring is 1. The van der Waals surface area contributed by atoms with E-state index in [2.05, 4.69) is 9.97 Å². The van der Waals surface area contributed by atoms with Crippen molar-refractivity contribution < 1.29 is 5.11 Å². The van der Waals surface area contributed by atoms with Gasteiger partial charge in [-0.1, -0.05) is 0 Å². The van der Waals surface area contributed by atoms with E-state index in [1.54, 1.807) is 20.9 Å². The number of aromatic nitrogens is 4. The van der Waals surface area contributed by atoms with Crippen molar-refractivity contribution in [3.63, 3.8) is 0 Å². The van der Waals surface area contributed by atoms with Crippen LogP contribution in [0, 0.1) is 0 Å². The van der Waals surface area contributed by atoms with Crippen molar-refractivity contribution in [2.45, 2.75) is 32.4 Å². The molecule has 18 heavy (non-hydrogen) atoms. The maximum absolute atomic E-state index is 12.0. The van der Waals surface area contributed by atoms with Gasteiger partial charge in [0.2, 0.25) is 0 Å². The van der Waals surface area contributed by atoms with Crippen LogP contribution in [0.15, 0.2) is 11.0 Å². The lowest BCUT2D eigenvalue weighted by molar-refractivity contribution is 0.0662. The molecule has 0 amide bonds. The number of imidazole rings is 1. The van der Waals surface area contributed by atoms with Crippen molar-refractivity contribution in [2.24, 2.45) is 7.05 Å². The van der Waals surface area contributed by atoms with Crippen molar-refractivity contribution in [3.05, 3.63) is 16.7 Å². The number of hydrogen-bond donors (Lipinski definition) is 2. The zero-order valence-electron chi connectivity index (χ0n) is 10.7. The summed E-state index contributed by atoms with van der Waals surface area (Å²) < 4.78 is 2.91. The van der Waals surface area contributed by atoms with Crippen LogP contribution in [0.2, 0.25) is 0 Å². The molecule has 98 valence electrons. The Kier molecular flexibility index (Phi) is 2.86. The molecule has 0 atom stereocenters. The van der Waals surface area contributed by atoms with Crippen molar-refractivity contribution in [1.29, 1.82) is 0 Å². The smallest absolute Gasteiger partial charge is 0.331 e. The zero-order chi connectivity index (χ0) is 13.5. The first-order chi connectivity index (χ1) is 8.29. The molecule has 7 nitrogen and oxygen atoms in total. The fourth-order valence-corrected chi connectivity index (χ4v) is 1.75. The number of nitrogens with zero attached hydrogens (tertiary/aromatic N) is 4. The molecule has 0 saturated carbocycles. The lowest BCUT2D eigenvalue weighted by Gasteiger charge is -2.16. The van der Waals surface area contributed by atoms with Crippen molar-refractivity contribution in [3.8, 4) is 0 Å². The molecule has 2 aromatic rings. The maximum atomic E-state index is 12.0. The normalized spacial score (nSPS) is 12.2. The number of anilines is 1. The van der Waals surface area contributed by atoms with E-state index >= 15 is 0 Å². The van der Waals surface area contributed by atoms with Crippen LogP contribution in [0.3, 0.4) is 0 Å². The predicted molar refractivity (Wildman–Crippen MR) is 68.1 cm³/mol. The molecule has 2 heterocycles. The summed E-state index contributed by atoms with van der Waals surface area (Å²) in [5.41, 5.74) is 5.48. The Balaban J connectivity index is 2.52. The van der Waals surface area contributed by atoms with Gasteiger partial charge in [0.05, 0.1) is 11.8 Å². The standard InChI is InChI=1S/C11H17N5O2/c1-11(2,18)4-5-16-9-8(15(3)10(16)17)13-6-7(12)14-9/h6,18H,4-5H2,1-3H3,(H2,12,14). The molecule has 2 rings (SSSR count). The second-order valence-corrected chi connectivity index (χ2v) is 5.00. The number of aryl methyl sites for hydroxylation is 2. The van der Waals surface area contributed by atoms with E-state index in [0.29, 0.717) is 24.3 Å². The minimum Gasteiger partial charge on any atom is -0.390 e. The topological polar surface area (TPSA) is 99.0 Å². The van der Waals surface area contributed by atoms with E-state index < -0.39 is 5.60 Å². The van der Waals surface area contributed by atoms with Gasteiger partial charge in [0.25, 0.3) is 0 Å². The lowest BCUT2D eigenvalue weighted by atomic mass is 10.1. The van der Waals surface area contributed by atoms with Crippen LogP contribution in [0.4, 0.5) is 5.82 Å². The van der Waals surface area contributed by atoms with Gasteiger partial charge in [-0.2, -0.15) is 0 Å². The largest absolute Gasteiger partial charge is 0.390 e. The van der Waals surface area contributed by atoms with Crippen LogP contribution in [-0.2, 0) is 13.6 Å². The van der Waals surface area contributed by atoms with Crippen LogP contribution in [0.25, 0.3) is 11.3 Å². The highest BCUT2D eigenvalue weighted by Gasteiger charge is 2.17. The first-order valence-electron chi connectivity index (χ1n) is 5.70. The van der Waals surface area contributed by atoms with Crippen LogP contribution < -0.4 is 11.4 Å². The molecular formula is C11H17N5O2. The van der Waals surface area contributed by atoms with E-state index in [0.717, 1.165) is 0 Å². The van der Waals surface area contributed by atoms with Gasteiger partial charge in [0, 0.05) is 13.6 Å². The van der Waals surface area contributed by atoms with Gasteiger partial charge in [-0.05, 0) is 20.3 Å².